The van der Waals surface area contributed by atoms with Crippen LogP contribution in [0.2, 0.25) is 0 Å². The van der Waals surface area contributed by atoms with Crippen molar-refractivity contribution in [2.45, 2.75) is 38.1 Å². The van der Waals surface area contributed by atoms with Gasteiger partial charge in [0.2, 0.25) is 23.7 Å². The van der Waals surface area contributed by atoms with Crippen molar-refractivity contribution in [1.82, 2.24) is 9.55 Å². The van der Waals surface area contributed by atoms with Crippen LogP contribution in [0.4, 0.5) is 5.95 Å². The fourth-order valence-corrected chi connectivity index (χ4v) is 5.93. The van der Waals surface area contributed by atoms with Crippen molar-refractivity contribution in [1.29, 1.82) is 0 Å². The van der Waals surface area contributed by atoms with Gasteiger partial charge in [-0.25, -0.2) is 9.88 Å². The summed E-state index contributed by atoms with van der Waals surface area (Å²) in [6, 6.07) is 44.2. The first-order chi connectivity index (χ1) is 25.3. The number of anilines is 1. The van der Waals surface area contributed by atoms with E-state index in [1.165, 1.54) is 0 Å². The maximum Gasteiger partial charge on any atom is 0.323 e. The van der Waals surface area contributed by atoms with Crippen molar-refractivity contribution < 1.29 is 23.9 Å². The maximum atomic E-state index is 14.0. The summed E-state index contributed by atoms with van der Waals surface area (Å²) in [7, 11) is 0. The van der Waals surface area contributed by atoms with Crippen molar-refractivity contribution >= 4 is 29.6 Å². The lowest BCUT2D eigenvalue weighted by Gasteiger charge is -2.22. The first-order valence-corrected chi connectivity index (χ1v) is 17.0. The van der Waals surface area contributed by atoms with E-state index in [-0.39, 0.29) is 25.3 Å². The van der Waals surface area contributed by atoms with Gasteiger partial charge in [0.15, 0.2) is 0 Å². The van der Waals surface area contributed by atoms with Crippen LogP contribution < -0.4 is 15.4 Å². The minimum absolute atomic E-state index is 0.0397. The number of esters is 1. The van der Waals surface area contributed by atoms with Gasteiger partial charge in [-0.2, -0.15) is 0 Å². The Bertz CT molecular complexity index is 2040. The number of carbonyl (C=O) groups excluding carboxylic acids is 4. The standard InChI is InChI=1S/C43H38N4O5/c1-30(41(44)50)37-29-46(43(45-37)47(38(48)26-31-14-6-2-7-15-31)39(49)27-32-16-8-3-9-17-32)28-33-22-24-36(25-23-33)52-42(51)40(34-18-10-4-11-19-34)35-20-12-5-13-21-35/h2-25,29-30,40H,26-28H2,1H3,(H2,44,50). The normalized spacial score (nSPS) is 11.5. The van der Waals surface area contributed by atoms with Gasteiger partial charge >= 0.3 is 5.97 Å². The van der Waals surface area contributed by atoms with Crippen LogP contribution in [0, 0.1) is 0 Å². The Kier molecular flexibility index (Phi) is 11.1. The molecule has 260 valence electrons. The second-order valence-corrected chi connectivity index (χ2v) is 12.5. The van der Waals surface area contributed by atoms with E-state index < -0.39 is 35.5 Å². The molecule has 0 saturated carbocycles. The maximum absolute atomic E-state index is 14.0. The molecule has 2 N–H and O–H groups in total. The highest BCUT2D eigenvalue weighted by molar-refractivity contribution is 6.14. The molecule has 1 aromatic heterocycles. The summed E-state index contributed by atoms with van der Waals surface area (Å²) in [6.45, 7) is 1.81. The van der Waals surface area contributed by atoms with Crippen LogP contribution in [-0.4, -0.2) is 33.2 Å². The molecule has 0 saturated heterocycles. The number of nitrogens with zero attached hydrogens (tertiary/aromatic N) is 3. The van der Waals surface area contributed by atoms with E-state index in [4.69, 9.17) is 10.5 Å². The van der Waals surface area contributed by atoms with Gasteiger partial charge in [0, 0.05) is 6.20 Å². The highest BCUT2D eigenvalue weighted by Crippen LogP contribution is 2.28. The molecule has 6 aromatic rings. The molecule has 0 aliphatic heterocycles. The largest absolute Gasteiger partial charge is 0.426 e. The Labute approximate surface area is 302 Å². The number of ether oxygens (including phenoxy) is 1. The van der Waals surface area contributed by atoms with Crippen molar-refractivity contribution in [3.8, 4) is 5.75 Å². The van der Waals surface area contributed by atoms with E-state index in [1.54, 1.807) is 42.0 Å². The summed E-state index contributed by atoms with van der Waals surface area (Å²) in [6.07, 6.45) is 1.56. The number of amides is 3. The molecule has 0 radical (unpaired) electrons. The van der Waals surface area contributed by atoms with Crippen LogP contribution in [0.15, 0.2) is 152 Å². The van der Waals surface area contributed by atoms with Gasteiger partial charge in [-0.05, 0) is 46.9 Å². The molecule has 5 aromatic carbocycles. The molecule has 52 heavy (non-hydrogen) atoms. The van der Waals surface area contributed by atoms with Crippen LogP contribution in [0.5, 0.6) is 5.75 Å². The van der Waals surface area contributed by atoms with Crippen molar-refractivity contribution in [2.24, 2.45) is 5.73 Å². The van der Waals surface area contributed by atoms with Crippen molar-refractivity contribution in [3.05, 3.63) is 185 Å². The minimum Gasteiger partial charge on any atom is -0.426 e. The average molecular weight is 691 g/mol. The van der Waals surface area contributed by atoms with Crippen LogP contribution in [0.3, 0.4) is 0 Å². The average Bonchev–Trinajstić information content (AvgIpc) is 3.56. The predicted molar refractivity (Wildman–Crippen MR) is 199 cm³/mol. The Morgan fingerprint density at radius 2 is 1.12 bits per heavy atom. The predicted octanol–water partition coefficient (Wildman–Crippen LogP) is 6.60. The Balaban J connectivity index is 1.29. The molecule has 0 aliphatic rings. The third-order valence-corrected chi connectivity index (χ3v) is 8.74. The number of hydrogen-bond donors (Lipinski definition) is 1. The smallest absolute Gasteiger partial charge is 0.323 e. The molecule has 6 rings (SSSR count). The van der Waals surface area contributed by atoms with Gasteiger partial charge in [0.25, 0.3) is 0 Å². The van der Waals surface area contributed by atoms with Gasteiger partial charge in [-0.15, -0.1) is 0 Å². The lowest BCUT2D eigenvalue weighted by atomic mass is 9.91. The quantitative estimate of drug-likeness (QED) is 0.108. The number of carbonyl (C=O) groups is 4. The van der Waals surface area contributed by atoms with E-state index in [0.29, 0.717) is 11.4 Å². The highest BCUT2D eigenvalue weighted by atomic mass is 16.5. The first kappa shape index (κ1) is 35.2. The number of rotatable bonds is 13. The minimum atomic E-state index is -0.778. The Morgan fingerprint density at radius 3 is 1.58 bits per heavy atom. The number of imidazole rings is 1. The SMILES string of the molecule is CC(C(N)=O)c1cn(Cc2ccc(OC(=O)C(c3ccccc3)c3ccccc3)cc2)c(N(C(=O)Cc2ccccc2)C(=O)Cc2ccccc2)n1. The number of aromatic nitrogens is 2. The molecule has 3 amide bonds. The van der Waals surface area contributed by atoms with Crippen LogP contribution in [-0.2, 0) is 38.6 Å². The van der Waals surface area contributed by atoms with Crippen molar-refractivity contribution in [2.75, 3.05) is 4.90 Å². The highest BCUT2D eigenvalue weighted by Gasteiger charge is 2.30. The van der Waals surface area contributed by atoms with Gasteiger partial charge in [0.1, 0.15) is 11.7 Å². The van der Waals surface area contributed by atoms with Crippen LogP contribution >= 0.6 is 0 Å². The third kappa shape index (κ3) is 8.57. The monoisotopic (exact) mass is 690 g/mol. The second kappa shape index (κ2) is 16.4. The third-order valence-electron chi connectivity index (χ3n) is 8.74. The molecule has 1 heterocycles. The summed E-state index contributed by atoms with van der Waals surface area (Å²) in [5.74, 6) is -2.91. The lowest BCUT2D eigenvalue weighted by Crippen LogP contribution is -2.41. The zero-order valence-corrected chi connectivity index (χ0v) is 28.7. The van der Waals surface area contributed by atoms with Gasteiger partial charge in [-0.1, -0.05) is 133 Å². The molecule has 0 spiro atoms. The van der Waals surface area contributed by atoms with E-state index in [1.807, 2.05) is 121 Å². The Morgan fingerprint density at radius 1 is 0.654 bits per heavy atom. The molecular formula is C43H38N4O5. The number of hydrogen-bond acceptors (Lipinski definition) is 6. The molecule has 0 aliphatic carbocycles. The van der Waals surface area contributed by atoms with Gasteiger partial charge in [0.05, 0.1) is 31.0 Å². The van der Waals surface area contributed by atoms with Gasteiger partial charge < -0.3 is 15.0 Å². The van der Waals surface area contributed by atoms with E-state index >= 15 is 0 Å². The fraction of sp³-hybridized carbons (Fsp3) is 0.140. The molecule has 1 atom stereocenters. The molecule has 0 bridgehead atoms. The molecule has 1 unspecified atom stereocenters. The molecule has 9 heteroatoms. The number of primary amides is 1. The number of benzene rings is 5. The number of nitrogens with two attached hydrogens (primary N) is 1. The van der Waals surface area contributed by atoms with E-state index in [0.717, 1.165) is 32.7 Å². The number of imide groups is 1. The second-order valence-electron chi connectivity index (χ2n) is 12.5. The van der Waals surface area contributed by atoms with Crippen LogP contribution in [0.25, 0.3) is 0 Å². The summed E-state index contributed by atoms with van der Waals surface area (Å²) < 4.78 is 7.55. The summed E-state index contributed by atoms with van der Waals surface area (Å²) in [4.78, 5) is 59.5. The Hall–Kier alpha value is -6.61. The van der Waals surface area contributed by atoms with Crippen molar-refractivity contribution in [3.63, 3.8) is 0 Å². The summed E-state index contributed by atoms with van der Waals surface area (Å²) >= 11 is 0. The summed E-state index contributed by atoms with van der Waals surface area (Å²) in [5.41, 5.74) is 9.86. The lowest BCUT2D eigenvalue weighted by molar-refractivity contribution is -0.135. The zero-order valence-electron chi connectivity index (χ0n) is 28.7. The summed E-state index contributed by atoms with van der Waals surface area (Å²) in [5, 5.41) is 0. The van der Waals surface area contributed by atoms with E-state index in [9.17, 15) is 19.2 Å². The first-order valence-electron chi connectivity index (χ1n) is 17.0. The van der Waals surface area contributed by atoms with E-state index in [2.05, 4.69) is 4.98 Å². The molecule has 9 nitrogen and oxygen atoms in total. The van der Waals surface area contributed by atoms with Crippen LogP contribution in [0.1, 0.15) is 52.3 Å². The zero-order chi connectivity index (χ0) is 36.5. The molecule has 0 fully saturated rings. The fourth-order valence-electron chi connectivity index (χ4n) is 5.93. The topological polar surface area (TPSA) is 125 Å². The molecular weight excluding hydrogens is 652 g/mol. The van der Waals surface area contributed by atoms with Gasteiger partial charge in [-0.3, -0.25) is 19.2 Å².